The van der Waals surface area contributed by atoms with Gasteiger partial charge in [0.25, 0.3) is 0 Å². The lowest BCUT2D eigenvalue weighted by molar-refractivity contribution is 0.0667. The first kappa shape index (κ1) is 15.5. The summed E-state index contributed by atoms with van der Waals surface area (Å²) >= 11 is 0. The minimum Gasteiger partial charge on any atom is -0.496 e. The van der Waals surface area contributed by atoms with Gasteiger partial charge in [-0.05, 0) is 18.6 Å². The van der Waals surface area contributed by atoms with Crippen molar-refractivity contribution in [3.05, 3.63) is 65.2 Å². The maximum atomic E-state index is 5.81. The molecule has 4 nitrogen and oxygen atoms in total. The Morgan fingerprint density at radius 1 is 1.05 bits per heavy atom. The Bertz CT molecular complexity index is 572. The van der Waals surface area contributed by atoms with Crippen LogP contribution < -0.4 is 16.0 Å². The third-order valence-corrected chi connectivity index (χ3v) is 3.58. The van der Waals surface area contributed by atoms with Crippen molar-refractivity contribution < 1.29 is 9.47 Å². The van der Waals surface area contributed by atoms with Gasteiger partial charge >= 0.3 is 0 Å². The fourth-order valence-electron chi connectivity index (χ4n) is 2.54. The monoisotopic (exact) mass is 286 g/mol. The van der Waals surface area contributed by atoms with Crippen LogP contribution in [-0.4, -0.2) is 14.2 Å². The molecule has 0 amide bonds. The van der Waals surface area contributed by atoms with E-state index in [4.69, 9.17) is 15.3 Å². The number of hydrazine groups is 1. The summed E-state index contributed by atoms with van der Waals surface area (Å²) in [7, 11) is 3.34. The highest BCUT2D eigenvalue weighted by atomic mass is 16.5. The van der Waals surface area contributed by atoms with Crippen LogP contribution in [0.2, 0.25) is 0 Å². The molecular formula is C17H22N2O2. The van der Waals surface area contributed by atoms with Crippen LogP contribution in [0, 0.1) is 6.92 Å². The number of methoxy groups -OCH3 is 2. The molecule has 2 aromatic carbocycles. The van der Waals surface area contributed by atoms with Crippen molar-refractivity contribution in [2.45, 2.75) is 19.1 Å². The van der Waals surface area contributed by atoms with Gasteiger partial charge in [0.2, 0.25) is 0 Å². The zero-order valence-electron chi connectivity index (χ0n) is 12.7. The van der Waals surface area contributed by atoms with Gasteiger partial charge < -0.3 is 9.47 Å². The highest BCUT2D eigenvalue weighted by molar-refractivity contribution is 5.40. The summed E-state index contributed by atoms with van der Waals surface area (Å²) in [4.78, 5) is 0. The number of rotatable bonds is 6. The van der Waals surface area contributed by atoms with Crippen LogP contribution in [-0.2, 0) is 4.74 Å². The van der Waals surface area contributed by atoms with Crippen LogP contribution in [0.15, 0.2) is 48.5 Å². The van der Waals surface area contributed by atoms with Gasteiger partial charge in [0.1, 0.15) is 11.9 Å². The number of ether oxygens (including phenoxy) is 2. The Morgan fingerprint density at radius 3 is 2.33 bits per heavy atom. The summed E-state index contributed by atoms with van der Waals surface area (Å²) in [5.74, 6) is 6.60. The fourth-order valence-corrected chi connectivity index (χ4v) is 2.54. The van der Waals surface area contributed by atoms with Crippen molar-refractivity contribution in [3.63, 3.8) is 0 Å². The number of hydrogen-bond donors (Lipinski definition) is 2. The normalized spacial score (nSPS) is 13.7. The van der Waals surface area contributed by atoms with Gasteiger partial charge in [-0.3, -0.25) is 5.84 Å². The van der Waals surface area contributed by atoms with Crippen LogP contribution >= 0.6 is 0 Å². The number of hydrogen-bond acceptors (Lipinski definition) is 4. The van der Waals surface area contributed by atoms with Gasteiger partial charge in [-0.1, -0.05) is 48.0 Å². The zero-order valence-corrected chi connectivity index (χ0v) is 12.7. The largest absolute Gasteiger partial charge is 0.496 e. The molecule has 112 valence electrons. The lowest BCUT2D eigenvalue weighted by Gasteiger charge is -2.27. The maximum absolute atomic E-state index is 5.81. The SMILES string of the molecule is COc1ccc(C)cc1C(NN)C(OC)c1ccccc1. The summed E-state index contributed by atoms with van der Waals surface area (Å²) in [6.07, 6.45) is -0.202. The van der Waals surface area contributed by atoms with E-state index in [1.54, 1.807) is 14.2 Å². The predicted octanol–water partition coefficient (Wildman–Crippen LogP) is 2.90. The van der Waals surface area contributed by atoms with E-state index >= 15 is 0 Å². The Morgan fingerprint density at radius 2 is 1.76 bits per heavy atom. The topological polar surface area (TPSA) is 56.5 Å². The molecule has 0 aliphatic carbocycles. The molecule has 0 aliphatic heterocycles. The van der Waals surface area contributed by atoms with Crippen molar-refractivity contribution >= 4 is 0 Å². The third kappa shape index (κ3) is 3.42. The molecule has 0 aliphatic rings. The Balaban J connectivity index is 2.45. The summed E-state index contributed by atoms with van der Waals surface area (Å²) in [6, 6.07) is 15.8. The van der Waals surface area contributed by atoms with Gasteiger partial charge in [-0.2, -0.15) is 0 Å². The van der Waals surface area contributed by atoms with Gasteiger partial charge in [0, 0.05) is 12.7 Å². The minimum absolute atomic E-state index is 0.202. The van der Waals surface area contributed by atoms with E-state index < -0.39 is 0 Å². The molecule has 2 aromatic rings. The second-order valence-corrected chi connectivity index (χ2v) is 4.96. The first-order chi connectivity index (χ1) is 10.2. The van der Waals surface area contributed by atoms with Gasteiger partial charge in [-0.15, -0.1) is 0 Å². The standard InChI is InChI=1S/C17H22N2O2/c1-12-9-10-15(20-2)14(11-12)16(19-18)17(21-3)13-7-5-4-6-8-13/h4-11,16-17,19H,18H2,1-3H3. The molecule has 2 atom stereocenters. The lowest BCUT2D eigenvalue weighted by atomic mass is 9.94. The molecule has 3 N–H and O–H groups in total. The molecule has 0 aromatic heterocycles. The molecule has 0 fully saturated rings. The average molecular weight is 286 g/mol. The van der Waals surface area contributed by atoms with Crippen molar-refractivity contribution in [1.82, 2.24) is 5.43 Å². The van der Waals surface area contributed by atoms with E-state index in [0.717, 1.165) is 22.4 Å². The van der Waals surface area contributed by atoms with Crippen molar-refractivity contribution in [1.29, 1.82) is 0 Å². The third-order valence-electron chi connectivity index (χ3n) is 3.58. The summed E-state index contributed by atoms with van der Waals surface area (Å²) < 4.78 is 11.1. The molecule has 2 rings (SSSR count). The van der Waals surface area contributed by atoms with E-state index in [2.05, 4.69) is 11.5 Å². The van der Waals surface area contributed by atoms with E-state index in [-0.39, 0.29) is 12.1 Å². The Kier molecular flexibility index (Phi) is 5.33. The molecular weight excluding hydrogens is 264 g/mol. The van der Waals surface area contributed by atoms with Crippen molar-refractivity contribution in [2.24, 2.45) is 5.84 Å². The van der Waals surface area contributed by atoms with Gasteiger partial charge in [0.05, 0.1) is 13.2 Å². The summed E-state index contributed by atoms with van der Waals surface area (Å²) in [6.45, 7) is 2.04. The highest BCUT2D eigenvalue weighted by Gasteiger charge is 2.26. The van der Waals surface area contributed by atoms with E-state index in [9.17, 15) is 0 Å². The molecule has 0 heterocycles. The van der Waals surface area contributed by atoms with E-state index in [0.29, 0.717) is 0 Å². The van der Waals surface area contributed by atoms with Crippen molar-refractivity contribution in [2.75, 3.05) is 14.2 Å². The van der Waals surface area contributed by atoms with Crippen LogP contribution in [0.4, 0.5) is 0 Å². The Hall–Kier alpha value is -1.88. The summed E-state index contributed by atoms with van der Waals surface area (Å²) in [5, 5.41) is 0. The minimum atomic E-state index is -0.202. The molecule has 2 unspecified atom stereocenters. The van der Waals surface area contributed by atoms with Gasteiger partial charge in [-0.25, -0.2) is 5.43 Å². The maximum Gasteiger partial charge on any atom is 0.123 e. The van der Waals surface area contributed by atoms with Crippen LogP contribution in [0.1, 0.15) is 28.8 Å². The molecule has 0 radical (unpaired) electrons. The fraction of sp³-hybridized carbons (Fsp3) is 0.294. The molecule has 4 heteroatoms. The Labute approximate surface area is 125 Å². The first-order valence-corrected chi connectivity index (χ1v) is 6.89. The highest BCUT2D eigenvalue weighted by Crippen LogP contribution is 2.36. The summed E-state index contributed by atoms with van der Waals surface area (Å²) in [5.41, 5.74) is 6.06. The average Bonchev–Trinajstić information content (AvgIpc) is 2.53. The number of benzene rings is 2. The number of nitrogens with one attached hydrogen (secondary N) is 1. The van der Waals surface area contributed by atoms with Crippen molar-refractivity contribution in [3.8, 4) is 5.75 Å². The second kappa shape index (κ2) is 7.22. The smallest absolute Gasteiger partial charge is 0.123 e. The van der Waals surface area contributed by atoms with Gasteiger partial charge in [0.15, 0.2) is 0 Å². The van der Waals surface area contributed by atoms with Crippen LogP contribution in [0.25, 0.3) is 0 Å². The number of nitrogens with two attached hydrogens (primary N) is 1. The first-order valence-electron chi connectivity index (χ1n) is 6.89. The zero-order chi connectivity index (χ0) is 15.2. The van der Waals surface area contributed by atoms with E-state index in [1.165, 1.54) is 0 Å². The molecule has 0 spiro atoms. The van der Waals surface area contributed by atoms with Crippen LogP contribution in [0.5, 0.6) is 5.75 Å². The van der Waals surface area contributed by atoms with Crippen LogP contribution in [0.3, 0.4) is 0 Å². The molecule has 0 saturated carbocycles. The second-order valence-electron chi connectivity index (χ2n) is 4.96. The molecule has 0 bridgehead atoms. The molecule has 0 saturated heterocycles. The lowest BCUT2D eigenvalue weighted by Crippen LogP contribution is -2.33. The molecule has 21 heavy (non-hydrogen) atoms. The van der Waals surface area contributed by atoms with E-state index in [1.807, 2.05) is 49.4 Å². The predicted molar refractivity (Wildman–Crippen MR) is 84.0 cm³/mol. The quantitative estimate of drug-likeness (QED) is 0.633. The number of aryl methyl sites for hydroxylation is 1.